The predicted molar refractivity (Wildman–Crippen MR) is 113 cm³/mol. The van der Waals surface area contributed by atoms with E-state index in [4.69, 9.17) is 27.9 Å². The molecule has 2 N–H and O–H groups in total. The number of nitrogens with zero attached hydrogens (tertiary/aromatic N) is 4. The van der Waals surface area contributed by atoms with Crippen LogP contribution in [0.2, 0.25) is 10.0 Å². The van der Waals surface area contributed by atoms with Gasteiger partial charge in [-0.15, -0.1) is 0 Å². The van der Waals surface area contributed by atoms with Gasteiger partial charge in [-0.3, -0.25) is 4.79 Å². The molecule has 2 heterocycles. The van der Waals surface area contributed by atoms with E-state index in [1.165, 1.54) is 11.8 Å². The third-order valence-electron chi connectivity index (χ3n) is 3.96. The highest BCUT2D eigenvalue weighted by molar-refractivity contribution is 8.00. The summed E-state index contributed by atoms with van der Waals surface area (Å²) >= 11 is 13.2. The first-order chi connectivity index (χ1) is 13.5. The zero-order valence-corrected chi connectivity index (χ0v) is 17.7. The summed E-state index contributed by atoms with van der Waals surface area (Å²) < 4.78 is 5.37. The van der Waals surface area contributed by atoms with Crippen LogP contribution in [0.15, 0.2) is 23.4 Å². The van der Waals surface area contributed by atoms with Crippen molar-refractivity contribution >= 4 is 58.5 Å². The highest BCUT2D eigenvalue weighted by Crippen LogP contribution is 2.27. The number of thioether (sulfide) groups is 1. The van der Waals surface area contributed by atoms with Crippen LogP contribution >= 0.6 is 35.0 Å². The van der Waals surface area contributed by atoms with Crippen LogP contribution in [0, 0.1) is 0 Å². The van der Waals surface area contributed by atoms with Crippen LogP contribution in [0.3, 0.4) is 0 Å². The standard InChI is InChI=1S/C17H20Cl2N6O2S/c1-10(14(26)21-11-3-4-12(18)13(19)9-11)28-17-23-15(20-2)22-16(24-17)25-5-7-27-8-6-25/h3-4,9-10H,5-8H2,1-2H3,(H,21,26)(H,20,22,23,24)/t10-/m1/s1. The van der Waals surface area contributed by atoms with Gasteiger partial charge in [0.2, 0.25) is 17.8 Å². The Kier molecular flexibility index (Phi) is 7.17. The number of aromatic nitrogens is 3. The monoisotopic (exact) mass is 442 g/mol. The molecule has 8 nitrogen and oxygen atoms in total. The number of carbonyl (C=O) groups is 1. The lowest BCUT2D eigenvalue weighted by molar-refractivity contribution is -0.115. The van der Waals surface area contributed by atoms with E-state index in [2.05, 4.69) is 25.6 Å². The van der Waals surface area contributed by atoms with Crippen LogP contribution in [0.25, 0.3) is 0 Å². The Morgan fingerprint density at radius 3 is 2.64 bits per heavy atom. The summed E-state index contributed by atoms with van der Waals surface area (Å²) in [5, 5.41) is 6.61. The van der Waals surface area contributed by atoms with E-state index in [0.717, 1.165) is 0 Å². The van der Waals surface area contributed by atoms with Gasteiger partial charge in [-0.1, -0.05) is 35.0 Å². The fraction of sp³-hybridized carbons (Fsp3) is 0.412. The molecule has 0 unspecified atom stereocenters. The molecule has 0 saturated carbocycles. The molecular formula is C17H20Cl2N6O2S. The van der Waals surface area contributed by atoms with Gasteiger partial charge in [-0.05, 0) is 25.1 Å². The van der Waals surface area contributed by atoms with Gasteiger partial charge in [-0.25, -0.2) is 0 Å². The first-order valence-electron chi connectivity index (χ1n) is 8.65. The summed E-state index contributed by atoms with van der Waals surface area (Å²) in [7, 11) is 1.74. The maximum Gasteiger partial charge on any atom is 0.237 e. The molecule has 3 rings (SSSR count). The molecule has 0 aliphatic carbocycles. The molecule has 0 bridgehead atoms. The summed E-state index contributed by atoms with van der Waals surface area (Å²) in [6, 6.07) is 4.94. The Morgan fingerprint density at radius 2 is 1.96 bits per heavy atom. The maximum absolute atomic E-state index is 12.5. The van der Waals surface area contributed by atoms with E-state index in [-0.39, 0.29) is 5.91 Å². The van der Waals surface area contributed by atoms with Crippen LogP contribution in [-0.2, 0) is 9.53 Å². The number of amides is 1. The number of benzene rings is 1. The molecule has 0 spiro atoms. The second-order valence-electron chi connectivity index (χ2n) is 5.97. The third kappa shape index (κ3) is 5.38. The fourth-order valence-electron chi connectivity index (χ4n) is 2.44. The van der Waals surface area contributed by atoms with Gasteiger partial charge in [0.15, 0.2) is 5.16 Å². The molecule has 0 radical (unpaired) electrons. The van der Waals surface area contributed by atoms with Gasteiger partial charge in [0, 0.05) is 25.8 Å². The second-order valence-corrected chi connectivity index (χ2v) is 8.09. The Bertz CT molecular complexity index is 850. The van der Waals surface area contributed by atoms with Gasteiger partial charge < -0.3 is 20.3 Å². The molecule has 2 aromatic rings. The normalized spacial score (nSPS) is 15.2. The summed E-state index contributed by atoms with van der Waals surface area (Å²) in [5.41, 5.74) is 0.576. The number of morpholine rings is 1. The largest absolute Gasteiger partial charge is 0.378 e. The van der Waals surface area contributed by atoms with Crippen molar-refractivity contribution < 1.29 is 9.53 Å². The van der Waals surface area contributed by atoms with Crippen molar-refractivity contribution in [2.24, 2.45) is 0 Å². The van der Waals surface area contributed by atoms with E-state index >= 15 is 0 Å². The number of anilines is 3. The number of nitrogens with one attached hydrogen (secondary N) is 2. The number of halogens is 2. The molecule has 1 atom stereocenters. The quantitative estimate of drug-likeness (QED) is 0.658. The molecule has 1 amide bonds. The Labute approximate surface area is 177 Å². The van der Waals surface area contributed by atoms with Crippen molar-refractivity contribution in [3.8, 4) is 0 Å². The molecular weight excluding hydrogens is 423 g/mol. The van der Waals surface area contributed by atoms with Gasteiger partial charge >= 0.3 is 0 Å². The molecule has 1 aromatic carbocycles. The average Bonchev–Trinajstić information content (AvgIpc) is 2.71. The first-order valence-corrected chi connectivity index (χ1v) is 10.3. The van der Waals surface area contributed by atoms with Crippen LogP contribution in [-0.4, -0.2) is 59.5 Å². The minimum Gasteiger partial charge on any atom is -0.378 e. The van der Waals surface area contributed by atoms with Gasteiger partial charge in [-0.2, -0.15) is 15.0 Å². The minimum absolute atomic E-state index is 0.192. The fourth-order valence-corrected chi connectivity index (χ4v) is 3.50. The lowest BCUT2D eigenvalue weighted by Crippen LogP contribution is -2.37. The summed E-state index contributed by atoms with van der Waals surface area (Å²) in [4.78, 5) is 27.8. The molecule has 150 valence electrons. The summed E-state index contributed by atoms with van der Waals surface area (Å²) in [5.74, 6) is 0.834. The van der Waals surface area contributed by atoms with E-state index in [9.17, 15) is 4.79 Å². The van der Waals surface area contributed by atoms with E-state index in [0.29, 0.717) is 59.1 Å². The van der Waals surface area contributed by atoms with Crippen LogP contribution < -0.4 is 15.5 Å². The van der Waals surface area contributed by atoms with Crippen molar-refractivity contribution in [1.29, 1.82) is 0 Å². The van der Waals surface area contributed by atoms with Crippen molar-refractivity contribution in [1.82, 2.24) is 15.0 Å². The molecule has 11 heteroatoms. The van der Waals surface area contributed by atoms with Crippen LogP contribution in [0.5, 0.6) is 0 Å². The predicted octanol–water partition coefficient (Wildman–Crippen LogP) is 3.18. The third-order valence-corrected chi connectivity index (χ3v) is 5.66. The maximum atomic E-state index is 12.5. The van der Waals surface area contributed by atoms with Crippen LogP contribution in [0.4, 0.5) is 17.6 Å². The highest BCUT2D eigenvalue weighted by atomic mass is 35.5. The topological polar surface area (TPSA) is 92.3 Å². The second kappa shape index (κ2) is 9.60. The van der Waals surface area contributed by atoms with Gasteiger partial charge in [0.1, 0.15) is 0 Å². The highest BCUT2D eigenvalue weighted by Gasteiger charge is 2.20. The number of carbonyl (C=O) groups excluding carboxylic acids is 1. The number of hydrogen-bond acceptors (Lipinski definition) is 8. The van der Waals surface area contributed by atoms with Gasteiger partial charge in [0.25, 0.3) is 0 Å². The van der Waals surface area contributed by atoms with Crippen LogP contribution in [0.1, 0.15) is 6.92 Å². The van der Waals surface area contributed by atoms with Crippen molar-refractivity contribution in [3.63, 3.8) is 0 Å². The Balaban J connectivity index is 1.70. The SMILES string of the molecule is CNc1nc(S[C@H](C)C(=O)Nc2ccc(Cl)c(Cl)c2)nc(N2CCOCC2)n1. The smallest absolute Gasteiger partial charge is 0.237 e. The lowest BCUT2D eigenvalue weighted by Gasteiger charge is -2.27. The zero-order valence-electron chi connectivity index (χ0n) is 15.4. The van der Waals surface area contributed by atoms with E-state index < -0.39 is 5.25 Å². The van der Waals surface area contributed by atoms with Crippen molar-refractivity contribution in [2.45, 2.75) is 17.3 Å². The van der Waals surface area contributed by atoms with E-state index in [1.54, 1.807) is 32.2 Å². The molecule has 1 aliphatic heterocycles. The molecule has 1 fully saturated rings. The average molecular weight is 443 g/mol. The molecule has 1 saturated heterocycles. The van der Waals surface area contributed by atoms with Gasteiger partial charge in [0.05, 0.1) is 28.5 Å². The van der Waals surface area contributed by atoms with Crippen molar-refractivity contribution in [3.05, 3.63) is 28.2 Å². The molecule has 1 aromatic heterocycles. The van der Waals surface area contributed by atoms with Crippen molar-refractivity contribution in [2.75, 3.05) is 48.9 Å². The van der Waals surface area contributed by atoms with E-state index in [1.807, 2.05) is 4.90 Å². The Hall–Kier alpha value is -1.81. The number of ether oxygens (including phenoxy) is 1. The zero-order chi connectivity index (χ0) is 20.1. The molecule has 1 aliphatic rings. The first kappa shape index (κ1) is 20.9. The number of hydrogen-bond donors (Lipinski definition) is 2. The summed E-state index contributed by atoms with van der Waals surface area (Å²) in [6.45, 7) is 4.47. The lowest BCUT2D eigenvalue weighted by atomic mass is 10.3. The number of rotatable bonds is 6. The Morgan fingerprint density at radius 1 is 1.21 bits per heavy atom. The summed E-state index contributed by atoms with van der Waals surface area (Å²) in [6.07, 6.45) is 0. The molecule has 28 heavy (non-hydrogen) atoms. The minimum atomic E-state index is -0.431.